The molecule has 1 aliphatic rings. The molecule has 0 amide bonds. The number of hydrogen-bond donors (Lipinski definition) is 1. The molecule has 1 N–H and O–H groups in total. The molecular formula is C11H17N3O2. The van der Waals surface area contributed by atoms with Gasteiger partial charge in [-0.2, -0.15) is 0 Å². The van der Waals surface area contributed by atoms with Crippen molar-refractivity contribution in [1.29, 1.82) is 0 Å². The van der Waals surface area contributed by atoms with Gasteiger partial charge in [0.1, 0.15) is 0 Å². The number of nitrogens with zero attached hydrogens (tertiary/aromatic N) is 2. The fraction of sp³-hybridized carbons (Fsp3) is 0.636. The molecule has 0 bridgehead atoms. The van der Waals surface area contributed by atoms with E-state index < -0.39 is 0 Å². The van der Waals surface area contributed by atoms with Gasteiger partial charge in [0.05, 0.1) is 25.1 Å². The zero-order valence-electron chi connectivity index (χ0n) is 9.69. The summed E-state index contributed by atoms with van der Waals surface area (Å²) in [5.41, 5.74) is -0.0106. The Morgan fingerprint density at radius 2 is 2.00 bits per heavy atom. The first-order valence-corrected chi connectivity index (χ1v) is 5.43. The molecule has 2 rings (SSSR count). The van der Waals surface area contributed by atoms with Crippen molar-refractivity contribution in [3.05, 3.63) is 12.4 Å². The van der Waals surface area contributed by atoms with Gasteiger partial charge in [-0.1, -0.05) is 0 Å². The standard InChI is InChI=1S/C11H17N3O2/c1-15-9-6-12-10(13-7-9)14-8-11(16-2)4-3-5-11/h6-7H,3-5,8H2,1-2H3,(H,12,13,14). The Kier molecular flexibility index (Phi) is 3.24. The van der Waals surface area contributed by atoms with Crippen LogP contribution in [0.2, 0.25) is 0 Å². The van der Waals surface area contributed by atoms with Crippen LogP contribution in [0.25, 0.3) is 0 Å². The molecule has 0 atom stereocenters. The summed E-state index contributed by atoms with van der Waals surface area (Å²) in [5.74, 6) is 1.28. The topological polar surface area (TPSA) is 56.3 Å². The molecule has 0 saturated heterocycles. The maximum Gasteiger partial charge on any atom is 0.222 e. The minimum absolute atomic E-state index is 0.0106. The Labute approximate surface area is 95.2 Å². The largest absolute Gasteiger partial charge is 0.494 e. The predicted molar refractivity (Wildman–Crippen MR) is 60.7 cm³/mol. The van der Waals surface area contributed by atoms with Crippen molar-refractivity contribution in [1.82, 2.24) is 9.97 Å². The summed E-state index contributed by atoms with van der Waals surface area (Å²) >= 11 is 0. The molecule has 1 aromatic heterocycles. The van der Waals surface area contributed by atoms with Crippen molar-refractivity contribution in [2.24, 2.45) is 0 Å². The van der Waals surface area contributed by atoms with Crippen molar-refractivity contribution >= 4 is 5.95 Å². The van der Waals surface area contributed by atoms with Crippen molar-refractivity contribution in [2.45, 2.75) is 24.9 Å². The second-order valence-corrected chi connectivity index (χ2v) is 4.04. The summed E-state index contributed by atoms with van der Waals surface area (Å²) < 4.78 is 10.5. The van der Waals surface area contributed by atoms with E-state index in [0.29, 0.717) is 11.7 Å². The van der Waals surface area contributed by atoms with Crippen LogP contribution in [-0.4, -0.2) is 36.3 Å². The molecule has 1 saturated carbocycles. The maximum absolute atomic E-state index is 5.50. The summed E-state index contributed by atoms with van der Waals surface area (Å²) in [4.78, 5) is 8.29. The van der Waals surface area contributed by atoms with E-state index in [4.69, 9.17) is 9.47 Å². The molecule has 0 aliphatic heterocycles. The van der Waals surface area contributed by atoms with Gasteiger partial charge in [0.2, 0.25) is 5.95 Å². The second-order valence-electron chi connectivity index (χ2n) is 4.04. The lowest BCUT2D eigenvalue weighted by molar-refractivity contribution is -0.0602. The number of ether oxygens (including phenoxy) is 2. The fourth-order valence-electron chi connectivity index (χ4n) is 1.78. The maximum atomic E-state index is 5.50. The molecule has 0 unspecified atom stereocenters. The Morgan fingerprint density at radius 1 is 1.31 bits per heavy atom. The number of anilines is 1. The first-order chi connectivity index (χ1) is 7.78. The van der Waals surface area contributed by atoms with Gasteiger partial charge in [-0.05, 0) is 19.3 Å². The zero-order valence-corrected chi connectivity index (χ0v) is 9.69. The van der Waals surface area contributed by atoms with Crippen LogP contribution >= 0.6 is 0 Å². The third-order valence-electron chi connectivity index (χ3n) is 3.13. The molecule has 5 nitrogen and oxygen atoms in total. The lowest BCUT2D eigenvalue weighted by atomic mass is 9.80. The Hall–Kier alpha value is -1.36. The van der Waals surface area contributed by atoms with Crippen LogP contribution in [0.4, 0.5) is 5.95 Å². The van der Waals surface area contributed by atoms with Gasteiger partial charge in [-0.25, -0.2) is 9.97 Å². The van der Waals surface area contributed by atoms with Crippen LogP contribution in [0.1, 0.15) is 19.3 Å². The van der Waals surface area contributed by atoms with Gasteiger partial charge in [0.15, 0.2) is 5.75 Å². The van der Waals surface area contributed by atoms with Crippen molar-refractivity contribution in [3.63, 3.8) is 0 Å². The SMILES string of the molecule is COc1cnc(NCC2(OC)CCC2)nc1. The van der Waals surface area contributed by atoms with E-state index in [-0.39, 0.29) is 5.60 Å². The quantitative estimate of drug-likeness (QED) is 0.819. The van der Waals surface area contributed by atoms with E-state index in [1.807, 2.05) is 0 Å². The average Bonchev–Trinajstić information content (AvgIpc) is 2.29. The number of hydrogen-bond acceptors (Lipinski definition) is 5. The van der Waals surface area contributed by atoms with Crippen molar-refractivity contribution < 1.29 is 9.47 Å². The molecule has 0 radical (unpaired) electrons. The Balaban J connectivity index is 1.89. The normalized spacial score (nSPS) is 17.6. The van der Waals surface area contributed by atoms with Crippen LogP contribution in [0.5, 0.6) is 5.75 Å². The highest BCUT2D eigenvalue weighted by atomic mass is 16.5. The number of nitrogens with one attached hydrogen (secondary N) is 1. The van der Waals surface area contributed by atoms with Gasteiger partial charge < -0.3 is 14.8 Å². The lowest BCUT2D eigenvalue weighted by Crippen LogP contribution is -2.45. The highest BCUT2D eigenvalue weighted by Gasteiger charge is 2.36. The molecule has 88 valence electrons. The third kappa shape index (κ3) is 2.24. The van der Waals surface area contributed by atoms with Crippen LogP contribution < -0.4 is 10.1 Å². The summed E-state index contributed by atoms with van der Waals surface area (Å²) in [6, 6.07) is 0. The van der Waals surface area contributed by atoms with Gasteiger partial charge in [0, 0.05) is 13.7 Å². The molecule has 5 heteroatoms. The summed E-state index contributed by atoms with van der Waals surface area (Å²) in [5, 5.41) is 3.19. The van der Waals surface area contributed by atoms with E-state index >= 15 is 0 Å². The van der Waals surface area contributed by atoms with Gasteiger partial charge in [-0.15, -0.1) is 0 Å². The van der Waals surface area contributed by atoms with Gasteiger partial charge >= 0.3 is 0 Å². The van der Waals surface area contributed by atoms with E-state index in [1.54, 1.807) is 26.6 Å². The van der Waals surface area contributed by atoms with Crippen molar-refractivity contribution in [3.8, 4) is 5.75 Å². The number of rotatable bonds is 5. The smallest absolute Gasteiger partial charge is 0.222 e. The third-order valence-corrected chi connectivity index (χ3v) is 3.13. The highest BCUT2D eigenvalue weighted by molar-refractivity contribution is 5.28. The molecular weight excluding hydrogens is 206 g/mol. The van der Waals surface area contributed by atoms with E-state index in [1.165, 1.54) is 6.42 Å². The Morgan fingerprint density at radius 3 is 2.44 bits per heavy atom. The zero-order chi connectivity index (χ0) is 11.4. The van der Waals surface area contributed by atoms with E-state index in [9.17, 15) is 0 Å². The molecule has 16 heavy (non-hydrogen) atoms. The lowest BCUT2D eigenvalue weighted by Gasteiger charge is -2.40. The molecule has 1 aliphatic carbocycles. The summed E-state index contributed by atoms with van der Waals surface area (Å²) in [6.45, 7) is 0.760. The van der Waals surface area contributed by atoms with E-state index in [2.05, 4.69) is 15.3 Å². The highest BCUT2D eigenvalue weighted by Crippen LogP contribution is 2.34. The molecule has 0 spiro atoms. The second kappa shape index (κ2) is 4.65. The number of aromatic nitrogens is 2. The van der Waals surface area contributed by atoms with Gasteiger partial charge in [0.25, 0.3) is 0 Å². The van der Waals surface area contributed by atoms with Gasteiger partial charge in [-0.3, -0.25) is 0 Å². The van der Waals surface area contributed by atoms with Crippen LogP contribution in [-0.2, 0) is 4.74 Å². The van der Waals surface area contributed by atoms with Crippen LogP contribution in [0.15, 0.2) is 12.4 Å². The number of methoxy groups -OCH3 is 2. The summed E-state index contributed by atoms with van der Waals surface area (Å²) in [7, 11) is 3.36. The van der Waals surface area contributed by atoms with Crippen LogP contribution in [0, 0.1) is 0 Å². The fourth-order valence-corrected chi connectivity index (χ4v) is 1.78. The first kappa shape index (κ1) is 11.1. The summed E-state index contributed by atoms with van der Waals surface area (Å²) in [6.07, 6.45) is 6.74. The Bertz CT molecular complexity index is 330. The minimum Gasteiger partial charge on any atom is -0.494 e. The molecule has 1 heterocycles. The van der Waals surface area contributed by atoms with E-state index in [0.717, 1.165) is 19.4 Å². The predicted octanol–water partition coefficient (Wildman–Crippen LogP) is 1.47. The molecule has 1 aromatic rings. The average molecular weight is 223 g/mol. The molecule has 1 fully saturated rings. The van der Waals surface area contributed by atoms with Crippen molar-refractivity contribution in [2.75, 3.05) is 26.1 Å². The molecule has 0 aromatic carbocycles. The van der Waals surface area contributed by atoms with Crippen LogP contribution in [0.3, 0.4) is 0 Å². The first-order valence-electron chi connectivity index (χ1n) is 5.43. The monoisotopic (exact) mass is 223 g/mol. The minimum atomic E-state index is -0.0106.